The molecule has 0 amide bonds. The number of benzene rings is 2. The molecular formula is C21H20O9. The van der Waals surface area contributed by atoms with E-state index in [1.165, 1.54) is 31.2 Å². The van der Waals surface area contributed by atoms with Crippen molar-refractivity contribution in [1.82, 2.24) is 0 Å². The van der Waals surface area contributed by atoms with Gasteiger partial charge in [-0.05, 0) is 31.2 Å². The molecule has 3 aromatic rings. The van der Waals surface area contributed by atoms with Crippen molar-refractivity contribution in [3.8, 4) is 28.6 Å². The topological polar surface area (TPSA) is 150 Å². The number of ether oxygens (including phenoxy) is 2. The van der Waals surface area contributed by atoms with E-state index >= 15 is 0 Å². The van der Waals surface area contributed by atoms with Crippen molar-refractivity contribution in [3.05, 3.63) is 52.7 Å². The van der Waals surface area contributed by atoms with E-state index in [9.17, 15) is 30.3 Å². The predicted molar refractivity (Wildman–Crippen MR) is 104 cm³/mol. The van der Waals surface area contributed by atoms with Crippen LogP contribution < -0.4 is 10.2 Å². The van der Waals surface area contributed by atoms with Gasteiger partial charge in [-0.3, -0.25) is 4.79 Å². The first-order valence-corrected chi connectivity index (χ1v) is 9.21. The van der Waals surface area contributed by atoms with Crippen LogP contribution in [0.3, 0.4) is 0 Å². The highest BCUT2D eigenvalue weighted by Crippen LogP contribution is 2.34. The summed E-state index contributed by atoms with van der Waals surface area (Å²) in [7, 11) is 0. The van der Waals surface area contributed by atoms with Crippen molar-refractivity contribution in [2.75, 3.05) is 0 Å². The number of aromatic hydroxyl groups is 2. The number of aliphatic hydroxyl groups is 3. The minimum atomic E-state index is -1.59. The van der Waals surface area contributed by atoms with Crippen LogP contribution in [0.25, 0.3) is 22.3 Å². The van der Waals surface area contributed by atoms with Crippen LogP contribution in [0.1, 0.15) is 6.92 Å². The second kappa shape index (κ2) is 7.62. The van der Waals surface area contributed by atoms with E-state index in [0.717, 1.165) is 6.07 Å². The largest absolute Gasteiger partial charge is 0.508 e. The molecule has 30 heavy (non-hydrogen) atoms. The fourth-order valence-corrected chi connectivity index (χ4v) is 3.34. The average Bonchev–Trinajstić information content (AvgIpc) is 2.70. The maximum atomic E-state index is 12.8. The number of hydrogen-bond acceptors (Lipinski definition) is 9. The van der Waals surface area contributed by atoms with Crippen molar-refractivity contribution < 1.29 is 39.4 Å². The Balaban J connectivity index is 1.76. The van der Waals surface area contributed by atoms with Gasteiger partial charge in [0.25, 0.3) is 0 Å². The van der Waals surface area contributed by atoms with E-state index in [1.807, 2.05) is 0 Å². The van der Waals surface area contributed by atoms with Crippen molar-refractivity contribution in [1.29, 1.82) is 0 Å². The molecule has 0 unspecified atom stereocenters. The van der Waals surface area contributed by atoms with Gasteiger partial charge in [-0.15, -0.1) is 0 Å². The molecule has 0 saturated carbocycles. The van der Waals surface area contributed by atoms with E-state index in [4.69, 9.17) is 13.9 Å². The lowest BCUT2D eigenvalue weighted by Gasteiger charge is -2.38. The molecule has 1 aliphatic rings. The third-order valence-corrected chi connectivity index (χ3v) is 4.98. The molecule has 1 saturated heterocycles. The fraction of sp³-hybridized carbons (Fsp3) is 0.286. The number of rotatable bonds is 3. The molecule has 0 bridgehead atoms. The smallest absolute Gasteiger partial charge is 0.229 e. The second-order valence-corrected chi connectivity index (χ2v) is 7.14. The van der Waals surface area contributed by atoms with Crippen LogP contribution in [0, 0.1) is 0 Å². The molecule has 2 heterocycles. The van der Waals surface area contributed by atoms with Gasteiger partial charge in [0.15, 0.2) is 5.43 Å². The summed E-state index contributed by atoms with van der Waals surface area (Å²) in [5, 5.41) is 49.4. The van der Waals surface area contributed by atoms with Crippen LogP contribution in [-0.2, 0) is 4.74 Å². The van der Waals surface area contributed by atoms with Gasteiger partial charge in [-0.1, -0.05) is 0 Å². The van der Waals surface area contributed by atoms with E-state index in [0.29, 0.717) is 5.56 Å². The molecule has 2 aromatic carbocycles. The Bertz CT molecular complexity index is 1120. The molecule has 158 valence electrons. The Labute approximate surface area is 170 Å². The van der Waals surface area contributed by atoms with Gasteiger partial charge in [0.2, 0.25) is 6.29 Å². The molecule has 1 aromatic heterocycles. The zero-order valence-corrected chi connectivity index (χ0v) is 15.8. The fourth-order valence-electron chi connectivity index (χ4n) is 3.34. The standard InChI is InChI=1S/C21H20O9/c1-9-18(25)19(26)20(27)21(28-9)30-16-7-12(23)6-15-17(16)13(24)8-14(29-15)10-2-4-11(22)5-3-10/h2-9,18-23,25-27H,1H3/t9-,18+,19-,20-,21-/m1/s1. The number of aliphatic hydroxyl groups excluding tert-OH is 3. The number of hydrogen-bond donors (Lipinski definition) is 5. The van der Waals surface area contributed by atoms with Gasteiger partial charge in [0.1, 0.15) is 52.3 Å². The molecule has 0 radical (unpaired) electrons. The maximum absolute atomic E-state index is 12.8. The zero-order chi connectivity index (χ0) is 21.6. The lowest BCUT2D eigenvalue weighted by Crippen LogP contribution is -2.58. The van der Waals surface area contributed by atoms with Crippen LogP contribution in [0.15, 0.2) is 51.7 Å². The van der Waals surface area contributed by atoms with E-state index in [2.05, 4.69) is 0 Å². The van der Waals surface area contributed by atoms with E-state index < -0.39 is 36.1 Å². The summed E-state index contributed by atoms with van der Waals surface area (Å²) < 4.78 is 16.7. The summed E-state index contributed by atoms with van der Waals surface area (Å²) in [5.74, 6) is -0.105. The Hall–Kier alpha value is -3.11. The van der Waals surface area contributed by atoms with Gasteiger partial charge in [-0.25, -0.2) is 0 Å². The van der Waals surface area contributed by atoms with Crippen LogP contribution >= 0.6 is 0 Å². The third kappa shape index (κ3) is 3.59. The second-order valence-electron chi connectivity index (χ2n) is 7.14. The van der Waals surface area contributed by atoms with E-state index in [1.54, 1.807) is 12.1 Å². The molecule has 5 atom stereocenters. The molecule has 4 rings (SSSR count). The summed E-state index contributed by atoms with van der Waals surface area (Å²) in [6.45, 7) is 1.50. The van der Waals surface area contributed by atoms with Crippen LogP contribution in [0.4, 0.5) is 0 Å². The van der Waals surface area contributed by atoms with E-state index in [-0.39, 0.29) is 34.0 Å². The predicted octanol–water partition coefficient (Wildman–Crippen LogP) is 1.08. The first-order chi connectivity index (χ1) is 14.2. The molecule has 9 nitrogen and oxygen atoms in total. The third-order valence-electron chi connectivity index (χ3n) is 4.98. The molecule has 0 aliphatic carbocycles. The molecule has 0 spiro atoms. The highest BCUT2D eigenvalue weighted by Gasteiger charge is 2.43. The minimum Gasteiger partial charge on any atom is -0.508 e. The minimum absolute atomic E-state index is 0.000562. The molecule has 1 aliphatic heterocycles. The normalized spacial score (nSPS) is 26.6. The summed E-state index contributed by atoms with van der Waals surface area (Å²) in [5.41, 5.74) is 0.0855. The number of phenolic OH excluding ortho intramolecular Hbond substituents is 2. The highest BCUT2D eigenvalue weighted by atomic mass is 16.7. The van der Waals surface area contributed by atoms with Crippen LogP contribution in [-0.4, -0.2) is 56.2 Å². The average molecular weight is 416 g/mol. The zero-order valence-electron chi connectivity index (χ0n) is 15.8. The summed E-state index contributed by atoms with van der Waals surface area (Å²) in [6, 6.07) is 9.67. The Morgan fingerprint density at radius 1 is 0.900 bits per heavy atom. The maximum Gasteiger partial charge on any atom is 0.229 e. The summed E-state index contributed by atoms with van der Waals surface area (Å²) in [6.07, 6.45) is -6.63. The molecular weight excluding hydrogens is 396 g/mol. The SMILES string of the molecule is C[C@H]1O[C@H](Oc2cc(O)cc3oc(-c4ccc(O)cc4)cc(=O)c23)[C@H](O)[C@H](O)[C@H]1O. The van der Waals surface area contributed by atoms with Gasteiger partial charge >= 0.3 is 0 Å². The monoisotopic (exact) mass is 416 g/mol. The Kier molecular flexibility index (Phi) is 5.12. The summed E-state index contributed by atoms with van der Waals surface area (Å²) >= 11 is 0. The van der Waals surface area contributed by atoms with Crippen molar-refractivity contribution in [3.63, 3.8) is 0 Å². The molecule has 9 heteroatoms. The summed E-state index contributed by atoms with van der Waals surface area (Å²) in [4.78, 5) is 12.8. The van der Waals surface area contributed by atoms with Crippen LogP contribution in [0.2, 0.25) is 0 Å². The van der Waals surface area contributed by atoms with Gasteiger partial charge < -0.3 is 39.4 Å². The Morgan fingerprint density at radius 2 is 1.60 bits per heavy atom. The van der Waals surface area contributed by atoms with Gasteiger partial charge in [-0.2, -0.15) is 0 Å². The molecule has 1 fully saturated rings. The highest BCUT2D eigenvalue weighted by molar-refractivity contribution is 5.86. The lowest BCUT2D eigenvalue weighted by atomic mass is 10.00. The first-order valence-electron chi connectivity index (χ1n) is 9.21. The quantitative estimate of drug-likeness (QED) is 0.423. The van der Waals surface area contributed by atoms with Crippen molar-refractivity contribution in [2.24, 2.45) is 0 Å². The van der Waals surface area contributed by atoms with Crippen molar-refractivity contribution >= 4 is 11.0 Å². The van der Waals surface area contributed by atoms with Crippen LogP contribution in [0.5, 0.6) is 17.2 Å². The number of fused-ring (bicyclic) bond motifs is 1. The molecule has 5 N–H and O–H groups in total. The van der Waals surface area contributed by atoms with Crippen molar-refractivity contribution in [2.45, 2.75) is 37.6 Å². The van der Waals surface area contributed by atoms with Gasteiger partial charge in [0, 0.05) is 23.8 Å². The Morgan fingerprint density at radius 3 is 2.30 bits per heavy atom. The van der Waals surface area contributed by atoms with Gasteiger partial charge in [0.05, 0.1) is 6.10 Å². The number of phenols is 2. The lowest BCUT2D eigenvalue weighted by molar-refractivity contribution is -0.267. The first kappa shape index (κ1) is 20.2.